The van der Waals surface area contributed by atoms with Gasteiger partial charge in [0.1, 0.15) is 0 Å². The molecule has 0 aromatic rings. The summed E-state index contributed by atoms with van der Waals surface area (Å²) in [7, 11) is 0. The Morgan fingerprint density at radius 2 is 2.00 bits per heavy atom. The molecule has 0 amide bonds. The van der Waals surface area contributed by atoms with Gasteiger partial charge in [-0.15, -0.1) is 0 Å². The lowest BCUT2D eigenvalue weighted by molar-refractivity contribution is 0.0824. The van der Waals surface area contributed by atoms with Gasteiger partial charge in [-0.05, 0) is 51.5 Å². The molecule has 1 heterocycles. The molecule has 0 spiro atoms. The van der Waals surface area contributed by atoms with Crippen molar-refractivity contribution in [2.24, 2.45) is 10.9 Å². The number of hydrogen-bond donors (Lipinski definition) is 3. The van der Waals surface area contributed by atoms with Crippen LogP contribution < -0.4 is 10.6 Å². The topological polar surface area (TPSA) is 59.9 Å². The molecule has 5 heteroatoms. The molecule has 2 atom stereocenters. The fourth-order valence-electron chi connectivity index (χ4n) is 3.71. The third-order valence-electron chi connectivity index (χ3n) is 5.08. The molecule has 1 aliphatic heterocycles. The smallest absolute Gasteiger partial charge is 0.191 e. The van der Waals surface area contributed by atoms with E-state index in [1.807, 2.05) is 0 Å². The van der Waals surface area contributed by atoms with E-state index in [2.05, 4.69) is 29.4 Å². The van der Waals surface area contributed by atoms with Gasteiger partial charge in [0.2, 0.25) is 0 Å². The molecule has 0 aromatic carbocycles. The number of rotatable bonds is 6. The predicted octanol–water partition coefficient (Wildman–Crippen LogP) is 1.97. The number of aliphatic hydroxyl groups excluding tert-OH is 1. The zero-order valence-electron chi connectivity index (χ0n) is 15.1. The molecular weight excluding hydrogens is 288 g/mol. The van der Waals surface area contributed by atoms with Crippen molar-refractivity contribution < 1.29 is 5.11 Å². The Labute approximate surface area is 141 Å². The van der Waals surface area contributed by atoms with E-state index in [4.69, 9.17) is 4.99 Å². The molecule has 1 saturated carbocycles. The fraction of sp³-hybridized carbons (Fsp3) is 0.944. The van der Waals surface area contributed by atoms with E-state index < -0.39 is 0 Å². The zero-order chi connectivity index (χ0) is 16.5. The normalized spacial score (nSPS) is 27.9. The van der Waals surface area contributed by atoms with Gasteiger partial charge >= 0.3 is 0 Å². The summed E-state index contributed by atoms with van der Waals surface area (Å²) in [4.78, 5) is 7.20. The quantitative estimate of drug-likeness (QED) is 0.397. The van der Waals surface area contributed by atoms with Crippen LogP contribution in [-0.2, 0) is 0 Å². The largest absolute Gasteiger partial charge is 0.393 e. The third kappa shape index (κ3) is 7.08. The number of nitrogens with zero attached hydrogens (tertiary/aromatic N) is 2. The summed E-state index contributed by atoms with van der Waals surface area (Å²) in [5.74, 6) is 1.82. The molecule has 134 valence electrons. The number of nitrogens with one attached hydrogen (secondary N) is 2. The van der Waals surface area contributed by atoms with Crippen LogP contribution in [0.4, 0.5) is 0 Å². The maximum absolute atomic E-state index is 9.54. The molecule has 1 aliphatic carbocycles. The summed E-state index contributed by atoms with van der Waals surface area (Å²) in [6, 6.07) is 0.583. The molecule has 5 nitrogen and oxygen atoms in total. The number of piperidine rings is 1. The predicted molar refractivity (Wildman–Crippen MR) is 96.8 cm³/mol. The van der Waals surface area contributed by atoms with E-state index >= 15 is 0 Å². The fourth-order valence-corrected chi connectivity index (χ4v) is 3.71. The van der Waals surface area contributed by atoms with Crippen LogP contribution in [0.25, 0.3) is 0 Å². The van der Waals surface area contributed by atoms with Crippen LogP contribution in [0.5, 0.6) is 0 Å². The second kappa shape index (κ2) is 10.1. The molecule has 2 aliphatic rings. The molecule has 0 aromatic heterocycles. The molecule has 2 fully saturated rings. The van der Waals surface area contributed by atoms with Crippen molar-refractivity contribution in [3.63, 3.8) is 0 Å². The number of likely N-dealkylation sites (tertiary alicyclic amines) is 1. The Kier molecular flexibility index (Phi) is 8.17. The number of aliphatic hydroxyl groups is 1. The Morgan fingerprint density at radius 3 is 2.70 bits per heavy atom. The molecule has 0 radical (unpaired) electrons. The first-order valence-corrected chi connectivity index (χ1v) is 9.62. The van der Waals surface area contributed by atoms with E-state index in [-0.39, 0.29) is 6.10 Å². The van der Waals surface area contributed by atoms with Crippen molar-refractivity contribution in [2.45, 2.75) is 70.9 Å². The van der Waals surface area contributed by atoms with Crippen LogP contribution in [-0.4, -0.2) is 60.8 Å². The van der Waals surface area contributed by atoms with E-state index in [1.54, 1.807) is 0 Å². The Hall–Kier alpha value is -0.810. The minimum absolute atomic E-state index is 0.0771. The van der Waals surface area contributed by atoms with Gasteiger partial charge in [-0.1, -0.05) is 19.8 Å². The Bertz CT molecular complexity index is 353. The number of hydrogen-bond acceptors (Lipinski definition) is 3. The summed E-state index contributed by atoms with van der Waals surface area (Å²) in [5.41, 5.74) is 0. The first-order chi connectivity index (χ1) is 11.2. The lowest BCUT2D eigenvalue weighted by Crippen LogP contribution is -2.45. The SMILES string of the molecule is CCNC(=NCCCN1CCC(O)CC1)NC1CCCC(C)C1. The minimum Gasteiger partial charge on any atom is -0.393 e. The molecule has 0 bridgehead atoms. The van der Waals surface area contributed by atoms with E-state index in [0.717, 1.165) is 63.9 Å². The van der Waals surface area contributed by atoms with Gasteiger partial charge in [-0.25, -0.2) is 0 Å². The summed E-state index contributed by atoms with van der Waals surface area (Å²) in [6.07, 6.45) is 8.10. The van der Waals surface area contributed by atoms with Gasteiger partial charge in [0, 0.05) is 32.2 Å². The maximum Gasteiger partial charge on any atom is 0.191 e. The molecule has 2 unspecified atom stereocenters. The lowest BCUT2D eigenvalue weighted by Gasteiger charge is -2.29. The van der Waals surface area contributed by atoms with Gasteiger partial charge in [0.05, 0.1) is 6.10 Å². The van der Waals surface area contributed by atoms with Crippen LogP contribution in [0.3, 0.4) is 0 Å². The van der Waals surface area contributed by atoms with E-state index in [9.17, 15) is 5.11 Å². The van der Waals surface area contributed by atoms with Gasteiger partial charge in [0.25, 0.3) is 0 Å². The highest BCUT2D eigenvalue weighted by molar-refractivity contribution is 5.80. The highest BCUT2D eigenvalue weighted by Crippen LogP contribution is 2.23. The monoisotopic (exact) mass is 324 g/mol. The van der Waals surface area contributed by atoms with Crippen LogP contribution in [0, 0.1) is 5.92 Å². The van der Waals surface area contributed by atoms with Crippen LogP contribution in [0.15, 0.2) is 4.99 Å². The van der Waals surface area contributed by atoms with Crippen molar-refractivity contribution in [1.29, 1.82) is 0 Å². The summed E-state index contributed by atoms with van der Waals surface area (Å²) in [6.45, 7) is 9.42. The average molecular weight is 325 g/mol. The number of guanidine groups is 1. The van der Waals surface area contributed by atoms with Gasteiger partial charge in [-0.3, -0.25) is 4.99 Å². The Morgan fingerprint density at radius 1 is 1.22 bits per heavy atom. The van der Waals surface area contributed by atoms with Crippen molar-refractivity contribution in [1.82, 2.24) is 15.5 Å². The molecular formula is C18H36N4O. The maximum atomic E-state index is 9.54. The average Bonchev–Trinajstić information content (AvgIpc) is 2.53. The van der Waals surface area contributed by atoms with Crippen molar-refractivity contribution in [3.8, 4) is 0 Å². The van der Waals surface area contributed by atoms with Crippen LogP contribution >= 0.6 is 0 Å². The summed E-state index contributed by atoms with van der Waals surface area (Å²) in [5, 5.41) is 16.5. The second-order valence-electron chi connectivity index (χ2n) is 7.30. The molecule has 23 heavy (non-hydrogen) atoms. The standard InChI is InChI=1S/C18H36N4O/c1-3-19-18(21-16-7-4-6-15(2)14-16)20-10-5-11-22-12-8-17(23)9-13-22/h15-17,23H,3-14H2,1-2H3,(H2,19,20,21). The van der Waals surface area contributed by atoms with E-state index in [1.165, 1.54) is 25.7 Å². The van der Waals surface area contributed by atoms with Crippen LogP contribution in [0.2, 0.25) is 0 Å². The van der Waals surface area contributed by atoms with Crippen molar-refractivity contribution >= 4 is 5.96 Å². The van der Waals surface area contributed by atoms with Gasteiger partial charge < -0.3 is 20.6 Å². The zero-order valence-corrected chi connectivity index (χ0v) is 15.1. The highest BCUT2D eigenvalue weighted by atomic mass is 16.3. The third-order valence-corrected chi connectivity index (χ3v) is 5.08. The lowest BCUT2D eigenvalue weighted by atomic mass is 9.87. The van der Waals surface area contributed by atoms with Gasteiger partial charge in [-0.2, -0.15) is 0 Å². The minimum atomic E-state index is -0.0771. The molecule has 3 N–H and O–H groups in total. The molecule has 1 saturated heterocycles. The first kappa shape index (κ1) is 18.5. The van der Waals surface area contributed by atoms with Crippen LogP contribution in [0.1, 0.15) is 58.8 Å². The van der Waals surface area contributed by atoms with Gasteiger partial charge in [0.15, 0.2) is 5.96 Å². The number of aliphatic imine (C=N–C) groups is 1. The summed E-state index contributed by atoms with van der Waals surface area (Å²) >= 11 is 0. The van der Waals surface area contributed by atoms with E-state index in [0.29, 0.717) is 6.04 Å². The van der Waals surface area contributed by atoms with Crippen molar-refractivity contribution in [3.05, 3.63) is 0 Å². The van der Waals surface area contributed by atoms with Crippen molar-refractivity contribution in [2.75, 3.05) is 32.7 Å². The second-order valence-corrected chi connectivity index (χ2v) is 7.30. The Balaban J connectivity index is 1.68. The molecule has 2 rings (SSSR count). The summed E-state index contributed by atoms with van der Waals surface area (Å²) < 4.78 is 0. The highest BCUT2D eigenvalue weighted by Gasteiger charge is 2.19. The first-order valence-electron chi connectivity index (χ1n) is 9.62.